The number of ether oxygens (including phenoxy) is 1. The number of benzene rings is 1. The number of carboxylic acids is 1. The molecule has 0 aromatic heterocycles. The number of amides is 1. The minimum Gasteiger partial charge on any atom is -0.481 e. The fourth-order valence-corrected chi connectivity index (χ4v) is 2.18. The van der Waals surface area contributed by atoms with Gasteiger partial charge in [0.05, 0.1) is 31.4 Å². The number of aliphatic hydroxyl groups is 2. The van der Waals surface area contributed by atoms with Gasteiger partial charge >= 0.3 is 5.97 Å². The second-order valence-electron chi connectivity index (χ2n) is 4.96. The molecular formula is C14H17NO6. The Hall–Kier alpha value is -2.12. The molecule has 1 aliphatic rings. The monoisotopic (exact) mass is 295 g/mol. The molecule has 0 radical (unpaired) electrons. The van der Waals surface area contributed by atoms with E-state index in [1.54, 1.807) is 18.2 Å². The standard InChI is InChI=1S/C14H17NO6/c1-8-2-3-11-10(4-8)15(6-9(17)7-16)14(20)12(21-11)5-13(18)19/h2-4,9,12,16-17H,5-7H2,1H3,(H,18,19). The van der Waals surface area contributed by atoms with Crippen LogP contribution in [0, 0.1) is 6.92 Å². The van der Waals surface area contributed by atoms with Crippen LogP contribution in [-0.2, 0) is 9.59 Å². The molecule has 114 valence electrons. The van der Waals surface area contributed by atoms with E-state index in [4.69, 9.17) is 14.9 Å². The second-order valence-corrected chi connectivity index (χ2v) is 4.96. The summed E-state index contributed by atoms with van der Waals surface area (Å²) in [6, 6.07) is 5.16. The largest absolute Gasteiger partial charge is 0.481 e. The van der Waals surface area contributed by atoms with Gasteiger partial charge in [-0.2, -0.15) is 0 Å². The topological polar surface area (TPSA) is 107 Å². The number of aryl methyl sites for hydroxylation is 1. The molecule has 2 atom stereocenters. The number of hydrogen-bond donors (Lipinski definition) is 3. The lowest BCUT2D eigenvalue weighted by atomic mass is 10.1. The number of fused-ring (bicyclic) bond motifs is 1. The highest BCUT2D eigenvalue weighted by Gasteiger charge is 2.36. The Morgan fingerprint density at radius 2 is 2.19 bits per heavy atom. The quantitative estimate of drug-likeness (QED) is 0.701. The molecule has 0 bridgehead atoms. The molecule has 1 aromatic rings. The fraction of sp³-hybridized carbons (Fsp3) is 0.429. The van der Waals surface area contributed by atoms with Crippen molar-refractivity contribution in [2.75, 3.05) is 18.1 Å². The van der Waals surface area contributed by atoms with Crippen molar-refractivity contribution >= 4 is 17.6 Å². The highest BCUT2D eigenvalue weighted by molar-refractivity contribution is 6.01. The molecule has 1 amide bonds. The number of nitrogens with zero attached hydrogens (tertiary/aromatic N) is 1. The number of rotatable bonds is 5. The van der Waals surface area contributed by atoms with Crippen LogP contribution in [0.1, 0.15) is 12.0 Å². The van der Waals surface area contributed by atoms with E-state index in [1.807, 2.05) is 6.92 Å². The minimum atomic E-state index is -1.15. The number of hydrogen-bond acceptors (Lipinski definition) is 5. The van der Waals surface area contributed by atoms with Crippen molar-refractivity contribution in [3.05, 3.63) is 23.8 Å². The van der Waals surface area contributed by atoms with Gasteiger partial charge in [0.2, 0.25) is 0 Å². The SMILES string of the molecule is Cc1ccc2c(c1)N(CC(O)CO)C(=O)C(CC(=O)O)O2. The highest BCUT2D eigenvalue weighted by atomic mass is 16.5. The number of carbonyl (C=O) groups excluding carboxylic acids is 1. The van der Waals surface area contributed by atoms with Crippen LogP contribution in [0.5, 0.6) is 5.75 Å². The molecule has 7 heteroatoms. The van der Waals surface area contributed by atoms with Crippen molar-refractivity contribution < 1.29 is 29.6 Å². The van der Waals surface area contributed by atoms with Gasteiger partial charge in [-0.05, 0) is 24.6 Å². The Bertz CT molecular complexity index is 558. The predicted octanol–water partition coefficient (Wildman–Crippen LogP) is -0.0831. The number of aliphatic hydroxyl groups excluding tert-OH is 2. The first-order valence-electron chi connectivity index (χ1n) is 6.51. The van der Waals surface area contributed by atoms with Gasteiger partial charge in [-0.25, -0.2) is 0 Å². The highest BCUT2D eigenvalue weighted by Crippen LogP contribution is 2.35. The maximum Gasteiger partial charge on any atom is 0.307 e. The lowest BCUT2D eigenvalue weighted by Gasteiger charge is -2.35. The molecular weight excluding hydrogens is 278 g/mol. The molecule has 0 aliphatic carbocycles. The van der Waals surface area contributed by atoms with E-state index in [9.17, 15) is 14.7 Å². The van der Waals surface area contributed by atoms with Gasteiger partial charge in [-0.15, -0.1) is 0 Å². The number of carbonyl (C=O) groups is 2. The Balaban J connectivity index is 2.37. The third kappa shape index (κ3) is 3.32. The minimum absolute atomic E-state index is 0.120. The first-order chi connectivity index (χ1) is 9.92. The molecule has 3 N–H and O–H groups in total. The fourth-order valence-electron chi connectivity index (χ4n) is 2.18. The Labute approximate surface area is 121 Å². The van der Waals surface area contributed by atoms with Crippen LogP contribution >= 0.6 is 0 Å². The molecule has 21 heavy (non-hydrogen) atoms. The Morgan fingerprint density at radius 1 is 1.48 bits per heavy atom. The van der Waals surface area contributed by atoms with Crippen LogP contribution < -0.4 is 9.64 Å². The molecule has 0 fully saturated rings. The average molecular weight is 295 g/mol. The number of aliphatic carboxylic acids is 1. The van der Waals surface area contributed by atoms with E-state index >= 15 is 0 Å². The third-order valence-corrected chi connectivity index (χ3v) is 3.18. The Morgan fingerprint density at radius 3 is 2.81 bits per heavy atom. The molecule has 1 aromatic carbocycles. The zero-order valence-corrected chi connectivity index (χ0v) is 11.5. The van der Waals surface area contributed by atoms with E-state index in [2.05, 4.69) is 0 Å². The van der Waals surface area contributed by atoms with Crippen molar-refractivity contribution in [3.8, 4) is 5.75 Å². The molecule has 0 saturated heterocycles. The van der Waals surface area contributed by atoms with Crippen LogP contribution in [0.3, 0.4) is 0 Å². The molecule has 7 nitrogen and oxygen atoms in total. The maximum absolute atomic E-state index is 12.3. The second kappa shape index (κ2) is 6.11. The van der Waals surface area contributed by atoms with E-state index < -0.39 is 37.1 Å². The average Bonchev–Trinajstić information content (AvgIpc) is 2.43. The van der Waals surface area contributed by atoms with Gasteiger partial charge in [-0.1, -0.05) is 6.07 Å². The first-order valence-corrected chi connectivity index (χ1v) is 6.51. The summed E-state index contributed by atoms with van der Waals surface area (Å²) >= 11 is 0. The first kappa shape index (κ1) is 15.3. The zero-order chi connectivity index (χ0) is 15.6. The summed E-state index contributed by atoms with van der Waals surface area (Å²) < 4.78 is 5.44. The molecule has 0 saturated carbocycles. The molecule has 2 rings (SSSR count). The van der Waals surface area contributed by atoms with Gasteiger partial charge in [-0.3, -0.25) is 9.59 Å². The maximum atomic E-state index is 12.3. The normalized spacial score (nSPS) is 18.9. The van der Waals surface area contributed by atoms with Crippen molar-refractivity contribution in [1.29, 1.82) is 0 Å². The summed E-state index contributed by atoms with van der Waals surface area (Å²) in [7, 11) is 0. The summed E-state index contributed by atoms with van der Waals surface area (Å²) in [6.07, 6.45) is -2.70. The summed E-state index contributed by atoms with van der Waals surface area (Å²) in [5.41, 5.74) is 1.36. The summed E-state index contributed by atoms with van der Waals surface area (Å²) in [5, 5.41) is 27.4. The van der Waals surface area contributed by atoms with Crippen LogP contribution in [-0.4, -0.2) is 52.6 Å². The van der Waals surface area contributed by atoms with Crippen LogP contribution in [0.2, 0.25) is 0 Å². The van der Waals surface area contributed by atoms with Gasteiger partial charge in [0.1, 0.15) is 5.75 Å². The van der Waals surface area contributed by atoms with Crippen LogP contribution in [0.15, 0.2) is 18.2 Å². The third-order valence-electron chi connectivity index (χ3n) is 3.18. The lowest BCUT2D eigenvalue weighted by Crippen LogP contribution is -2.50. The number of anilines is 1. The van der Waals surface area contributed by atoms with Crippen molar-refractivity contribution in [2.45, 2.75) is 25.6 Å². The summed E-state index contributed by atoms with van der Waals surface area (Å²) in [6.45, 7) is 1.23. The molecule has 1 heterocycles. The van der Waals surface area contributed by atoms with E-state index in [0.717, 1.165) is 5.56 Å². The van der Waals surface area contributed by atoms with E-state index in [0.29, 0.717) is 11.4 Å². The Kier molecular flexibility index (Phi) is 4.44. The smallest absolute Gasteiger partial charge is 0.307 e. The summed E-state index contributed by atoms with van der Waals surface area (Å²) in [5.74, 6) is -1.30. The van der Waals surface area contributed by atoms with Crippen molar-refractivity contribution in [1.82, 2.24) is 0 Å². The predicted molar refractivity (Wildman–Crippen MR) is 73.3 cm³/mol. The van der Waals surface area contributed by atoms with Gasteiger partial charge in [0, 0.05) is 0 Å². The summed E-state index contributed by atoms with van der Waals surface area (Å²) in [4.78, 5) is 24.4. The van der Waals surface area contributed by atoms with Gasteiger partial charge in [0.25, 0.3) is 5.91 Å². The zero-order valence-electron chi connectivity index (χ0n) is 11.5. The lowest BCUT2D eigenvalue weighted by molar-refractivity contribution is -0.142. The molecule has 1 aliphatic heterocycles. The van der Waals surface area contributed by atoms with E-state index in [1.165, 1.54) is 4.90 Å². The van der Waals surface area contributed by atoms with E-state index in [-0.39, 0.29) is 6.54 Å². The van der Waals surface area contributed by atoms with Crippen molar-refractivity contribution in [3.63, 3.8) is 0 Å². The molecule has 2 unspecified atom stereocenters. The van der Waals surface area contributed by atoms with Gasteiger partial charge < -0.3 is 25.0 Å². The van der Waals surface area contributed by atoms with Crippen LogP contribution in [0.4, 0.5) is 5.69 Å². The number of β-amino-alcohol motifs (C(OH)–C–C–N with tert-alkyl or cyclic N) is 1. The van der Waals surface area contributed by atoms with Crippen molar-refractivity contribution in [2.24, 2.45) is 0 Å². The van der Waals surface area contributed by atoms with Crippen LogP contribution in [0.25, 0.3) is 0 Å². The molecule has 0 spiro atoms. The number of carboxylic acid groups (broad SMARTS) is 1. The van der Waals surface area contributed by atoms with Gasteiger partial charge in [0.15, 0.2) is 6.10 Å².